The molecule has 0 atom stereocenters. The molecule has 0 fully saturated rings. The Morgan fingerprint density at radius 3 is 2.03 bits per heavy atom. The summed E-state index contributed by atoms with van der Waals surface area (Å²) in [6, 6.07) is 8.20. The molecule has 158 valence electrons. The molecule has 1 amide bonds. The van der Waals surface area contributed by atoms with Gasteiger partial charge >= 0.3 is 0 Å². The first-order chi connectivity index (χ1) is 13.8. The Labute approximate surface area is 170 Å². The van der Waals surface area contributed by atoms with Gasteiger partial charge in [0.15, 0.2) is 0 Å². The highest BCUT2D eigenvalue weighted by Crippen LogP contribution is 2.41. The Bertz CT molecular complexity index is 1400. The number of phenolic OH excluding ortho intramolecular Hbond substituents is 1. The molecule has 0 aliphatic carbocycles. The van der Waals surface area contributed by atoms with Gasteiger partial charge in [0, 0.05) is 16.6 Å². The van der Waals surface area contributed by atoms with E-state index in [1.54, 1.807) is 0 Å². The first kappa shape index (κ1) is 21.3. The van der Waals surface area contributed by atoms with Crippen LogP contribution in [0.3, 0.4) is 0 Å². The molecule has 3 aromatic rings. The second-order valence-electron chi connectivity index (χ2n) is 6.23. The summed E-state index contributed by atoms with van der Waals surface area (Å²) in [6.07, 6.45) is 0. The van der Waals surface area contributed by atoms with Gasteiger partial charge in [0.1, 0.15) is 10.6 Å². The first-order valence-electron chi connectivity index (χ1n) is 8.00. The monoisotopic (exact) mass is 453 g/mol. The summed E-state index contributed by atoms with van der Waals surface area (Å²) in [5.41, 5.74) is 10.7. The van der Waals surface area contributed by atoms with Crippen LogP contribution in [0.25, 0.3) is 10.8 Å². The number of nitrogens with one attached hydrogen (secondary N) is 1. The van der Waals surface area contributed by atoms with Gasteiger partial charge in [-0.15, -0.1) is 0 Å². The van der Waals surface area contributed by atoms with E-state index >= 15 is 0 Å². The second-order valence-corrected chi connectivity index (χ2v) is 9.04. The topological polar surface area (TPSA) is 210 Å². The molecule has 30 heavy (non-hydrogen) atoms. The molecule has 11 nitrogen and oxygen atoms in total. The number of carbonyl (C=O) groups is 1. The summed E-state index contributed by atoms with van der Waals surface area (Å²) in [7, 11) is -9.66. The van der Waals surface area contributed by atoms with Gasteiger partial charge in [-0.1, -0.05) is 0 Å². The number of rotatable bonds is 4. The SMILES string of the molecule is Nc1ccc(C(=O)Nc2cc(S(=O)(=O)O)cc3cc(S(=O)(=O)O)c(N)c(O)c23)cc1. The first-order valence-corrected chi connectivity index (χ1v) is 10.9. The molecule has 0 unspecified atom stereocenters. The van der Waals surface area contributed by atoms with Crippen LogP contribution in [0.15, 0.2) is 52.3 Å². The highest BCUT2D eigenvalue weighted by atomic mass is 32.2. The average Bonchev–Trinajstić information content (AvgIpc) is 2.63. The zero-order chi connectivity index (χ0) is 22.4. The lowest BCUT2D eigenvalue weighted by molar-refractivity contribution is 0.102. The zero-order valence-corrected chi connectivity index (χ0v) is 16.5. The number of benzene rings is 3. The number of nitrogens with two attached hydrogens (primary N) is 2. The van der Waals surface area contributed by atoms with Crippen LogP contribution in [0.5, 0.6) is 5.75 Å². The smallest absolute Gasteiger partial charge is 0.296 e. The van der Waals surface area contributed by atoms with E-state index in [0.29, 0.717) is 5.69 Å². The quantitative estimate of drug-likeness (QED) is 0.190. The molecule has 3 aromatic carbocycles. The van der Waals surface area contributed by atoms with Crippen molar-refractivity contribution in [1.82, 2.24) is 0 Å². The average molecular weight is 453 g/mol. The van der Waals surface area contributed by atoms with E-state index in [-0.39, 0.29) is 22.0 Å². The van der Waals surface area contributed by atoms with Crippen LogP contribution in [-0.2, 0) is 20.2 Å². The van der Waals surface area contributed by atoms with Gasteiger partial charge in [-0.25, -0.2) is 0 Å². The van der Waals surface area contributed by atoms with Crippen LogP contribution in [0.4, 0.5) is 17.1 Å². The minimum atomic E-state index is -4.87. The third kappa shape index (κ3) is 3.99. The molecule has 0 saturated heterocycles. The number of aromatic hydroxyl groups is 1. The standard InChI is InChI=1S/C17H15N3O8S2/c18-10-3-1-8(2-4-10)17(22)20-12-7-11(29(23,24)25)5-9-6-13(30(26,27)28)15(19)16(21)14(9)12/h1-7,21H,18-19H2,(H,20,22)(H,23,24,25)(H,26,27,28). The Kier molecular flexibility index (Phi) is 5.07. The van der Waals surface area contributed by atoms with Crippen molar-refractivity contribution in [2.45, 2.75) is 9.79 Å². The van der Waals surface area contributed by atoms with Crippen molar-refractivity contribution in [1.29, 1.82) is 0 Å². The van der Waals surface area contributed by atoms with E-state index in [0.717, 1.165) is 18.2 Å². The Balaban J connectivity index is 2.30. The largest absolute Gasteiger partial charge is 0.505 e. The maximum Gasteiger partial charge on any atom is 0.296 e. The van der Waals surface area contributed by atoms with Crippen molar-refractivity contribution in [3.05, 3.63) is 48.0 Å². The summed E-state index contributed by atoms with van der Waals surface area (Å²) in [6.45, 7) is 0. The fraction of sp³-hybridized carbons (Fsp3) is 0. The maximum absolute atomic E-state index is 12.5. The van der Waals surface area contributed by atoms with Gasteiger partial charge in [-0.3, -0.25) is 13.9 Å². The lowest BCUT2D eigenvalue weighted by Crippen LogP contribution is -2.13. The van der Waals surface area contributed by atoms with Gasteiger partial charge in [-0.2, -0.15) is 16.8 Å². The molecule has 0 aliphatic rings. The van der Waals surface area contributed by atoms with Gasteiger partial charge < -0.3 is 21.9 Å². The second kappa shape index (κ2) is 7.14. The van der Waals surface area contributed by atoms with Crippen LogP contribution in [0, 0.1) is 0 Å². The number of nitrogen functional groups attached to an aromatic ring is 2. The van der Waals surface area contributed by atoms with Crippen LogP contribution in [-0.4, -0.2) is 37.0 Å². The summed E-state index contributed by atoms with van der Waals surface area (Å²) in [4.78, 5) is 11.0. The van der Waals surface area contributed by atoms with Crippen LogP contribution in [0.1, 0.15) is 10.4 Å². The third-order valence-electron chi connectivity index (χ3n) is 4.18. The molecule has 0 aliphatic heterocycles. The summed E-state index contributed by atoms with van der Waals surface area (Å²) in [5, 5.41) is 12.3. The molecule has 3 rings (SSSR count). The molecule has 0 spiro atoms. The highest BCUT2D eigenvalue weighted by molar-refractivity contribution is 7.86. The van der Waals surface area contributed by atoms with Gasteiger partial charge in [0.05, 0.1) is 16.3 Å². The molecule has 0 aromatic heterocycles. The third-order valence-corrected chi connectivity index (χ3v) is 5.91. The number of carbonyl (C=O) groups excluding carboxylic acids is 1. The molecule has 0 radical (unpaired) electrons. The molecular weight excluding hydrogens is 438 g/mol. The van der Waals surface area contributed by atoms with E-state index in [9.17, 15) is 35.8 Å². The minimum Gasteiger partial charge on any atom is -0.505 e. The van der Waals surface area contributed by atoms with E-state index in [4.69, 9.17) is 11.5 Å². The predicted molar refractivity (Wildman–Crippen MR) is 108 cm³/mol. The number of anilines is 3. The Morgan fingerprint density at radius 2 is 1.50 bits per heavy atom. The van der Waals surface area contributed by atoms with Gasteiger partial charge in [0.25, 0.3) is 26.1 Å². The maximum atomic E-state index is 12.5. The zero-order valence-electron chi connectivity index (χ0n) is 14.9. The molecular formula is C17H15N3O8S2. The summed E-state index contributed by atoms with van der Waals surface area (Å²) >= 11 is 0. The van der Waals surface area contributed by atoms with Gasteiger partial charge in [-0.05, 0) is 47.9 Å². The van der Waals surface area contributed by atoms with E-state index < -0.39 is 47.4 Å². The minimum absolute atomic E-state index is 0.136. The van der Waals surface area contributed by atoms with E-state index in [1.165, 1.54) is 24.3 Å². The Hall–Kier alpha value is -3.39. The van der Waals surface area contributed by atoms with Crippen molar-refractivity contribution in [2.24, 2.45) is 0 Å². The number of phenols is 1. The molecule has 8 N–H and O–H groups in total. The lowest BCUT2D eigenvalue weighted by Gasteiger charge is -2.15. The van der Waals surface area contributed by atoms with Crippen molar-refractivity contribution in [3.8, 4) is 5.75 Å². The van der Waals surface area contributed by atoms with Crippen LogP contribution in [0.2, 0.25) is 0 Å². The fourth-order valence-electron chi connectivity index (χ4n) is 2.78. The molecule has 0 saturated carbocycles. The van der Waals surface area contributed by atoms with E-state index in [1.807, 2.05) is 0 Å². The molecule has 0 heterocycles. The lowest BCUT2D eigenvalue weighted by atomic mass is 10.1. The number of amides is 1. The van der Waals surface area contributed by atoms with Gasteiger partial charge in [0.2, 0.25) is 0 Å². The highest BCUT2D eigenvalue weighted by Gasteiger charge is 2.24. The van der Waals surface area contributed by atoms with E-state index in [2.05, 4.69) is 5.32 Å². The van der Waals surface area contributed by atoms with Crippen molar-refractivity contribution < 1.29 is 35.8 Å². The van der Waals surface area contributed by atoms with Crippen molar-refractivity contribution in [3.63, 3.8) is 0 Å². The number of hydrogen-bond acceptors (Lipinski definition) is 8. The van der Waals surface area contributed by atoms with Crippen molar-refractivity contribution >= 4 is 54.0 Å². The Morgan fingerprint density at radius 1 is 0.900 bits per heavy atom. The summed E-state index contributed by atoms with van der Waals surface area (Å²) < 4.78 is 65.0. The number of hydrogen-bond donors (Lipinski definition) is 6. The predicted octanol–water partition coefficient (Wildman–Crippen LogP) is 1.46. The number of fused-ring (bicyclic) bond motifs is 1. The molecule has 0 bridgehead atoms. The summed E-state index contributed by atoms with van der Waals surface area (Å²) in [5.74, 6) is -1.55. The van der Waals surface area contributed by atoms with Crippen LogP contribution >= 0.6 is 0 Å². The van der Waals surface area contributed by atoms with Crippen LogP contribution < -0.4 is 16.8 Å². The fourth-order valence-corrected chi connectivity index (χ4v) is 3.97. The van der Waals surface area contributed by atoms with Crippen molar-refractivity contribution in [2.75, 3.05) is 16.8 Å². The normalized spacial score (nSPS) is 12.1. The molecule has 13 heteroatoms.